The maximum absolute atomic E-state index is 5.99. The minimum atomic E-state index is 0.487. The second kappa shape index (κ2) is 3.90. The predicted molar refractivity (Wildman–Crippen MR) is 55.3 cm³/mol. The van der Waals surface area contributed by atoms with Crippen molar-refractivity contribution >= 4 is 22.6 Å². The maximum Gasteiger partial charge on any atom is 0.108 e. The molecule has 0 saturated carbocycles. The van der Waals surface area contributed by atoms with Crippen molar-refractivity contribution in [1.82, 2.24) is 9.97 Å². The number of aromatic nitrogens is 2. The first-order valence-electron chi connectivity index (χ1n) is 4.20. The van der Waals surface area contributed by atoms with Crippen LogP contribution in [0.5, 0.6) is 0 Å². The molecular formula is C10H9ClN2O. The van der Waals surface area contributed by atoms with E-state index < -0.39 is 0 Å². The topological polar surface area (TPSA) is 35.0 Å². The van der Waals surface area contributed by atoms with Gasteiger partial charge in [-0.3, -0.25) is 4.98 Å². The van der Waals surface area contributed by atoms with Crippen molar-refractivity contribution < 1.29 is 4.74 Å². The third-order valence-electron chi connectivity index (χ3n) is 1.88. The lowest BCUT2D eigenvalue weighted by Crippen LogP contribution is -1.93. The zero-order valence-electron chi connectivity index (χ0n) is 7.70. The first-order valence-corrected chi connectivity index (χ1v) is 4.58. The molecule has 0 saturated heterocycles. The number of rotatable bonds is 2. The van der Waals surface area contributed by atoms with Crippen molar-refractivity contribution in [3.05, 3.63) is 35.1 Å². The summed E-state index contributed by atoms with van der Waals surface area (Å²) in [5.74, 6) is 0. The normalized spacial score (nSPS) is 10.7. The van der Waals surface area contributed by atoms with Crippen LogP contribution in [-0.2, 0) is 11.3 Å². The second-order valence-electron chi connectivity index (χ2n) is 2.90. The molecule has 0 atom stereocenters. The van der Waals surface area contributed by atoms with E-state index in [1.807, 2.05) is 12.1 Å². The summed E-state index contributed by atoms with van der Waals surface area (Å²) in [5, 5.41) is 0.618. The Morgan fingerprint density at radius 3 is 3.00 bits per heavy atom. The van der Waals surface area contributed by atoms with E-state index in [9.17, 15) is 0 Å². The van der Waals surface area contributed by atoms with Crippen molar-refractivity contribution in [1.29, 1.82) is 0 Å². The average molecular weight is 209 g/mol. The molecule has 0 radical (unpaired) electrons. The van der Waals surface area contributed by atoms with E-state index >= 15 is 0 Å². The van der Waals surface area contributed by atoms with Gasteiger partial charge in [0.25, 0.3) is 0 Å². The van der Waals surface area contributed by atoms with Crippen molar-refractivity contribution in [2.75, 3.05) is 7.11 Å². The van der Waals surface area contributed by atoms with E-state index in [0.717, 1.165) is 16.7 Å². The molecular weight excluding hydrogens is 200 g/mol. The first kappa shape index (κ1) is 9.37. The molecule has 0 spiro atoms. The van der Waals surface area contributed by atoms with E-state index in [2.05, 4.69) is 9.97 Å². The molecule has 0 aromatic carbocycles. The lowest BCUT2D eigenvalue weighted by Gasteiger charge is -2.02. The van der Waals surface area contributed by atoms with E-state index in [1.54, 1.807) is 19.4 Å². The molecule has 3 nitrogen and oxygen atoms in total. The van der Waals surface area contributed by atoms with Gasteiger partial charge in [0.2, 0.25) is 0 Å². The fourth-order valence-electron chi connectivity index (χ4n) is 1.26. The Morgan fingerprint density at radius 1 is 1.36 bits per heavy atom. The summed E-state index contributed by atoms with van der Waals surface area (Å²) in [6.45, 7) is 0.487. The van der Waals surface area contributed by atoms with Gasteiger partial charge in [-0.25, -0.2) is 4.98 Å². The zero-order valence-corrected chi connectivity index (χ0v) is 8.45. The molecule has 0 N–H and O–H groups in total. The van der Waals surface area contributed by atoms with E-state index in [4.69, 9.17) is 16.3 Å². The Kier molecular flexibility index (Phi) is 2.61. The van der Waals surface area contributed by atoms with Gasteiger partial charge >= 0.3 is 0 Å². The highest BCUT2D eigenvalue weighted by molar-refractivity contribution is 6.34. The molecule has 2 aromatic heterocycles. The Morgan fingerprint density at radius 2 is 2.21 bits per heavy atom. The van der Waals surface area contributed by atoms with Gasteiger partial charge in [-0.15, -0.1) is 0 Å². The van der Waals surface area contributed by atoms with E-state index in [0.29, 0.717) is 11.6 Å². The van der Waals surface area contributed by atoms with Crippen LogP contribution >= 0.6 is 11.6 Å². The number of halogens is 1. The molecule has 0 aliphatic heterocycles. The van der Waals surface area contributed by atoms with E-state index in [1.165, 1.54) is 0 Å². The standard InChI is InChI=1S/C10H9ClN2O/c1-14-6-7-2-3-9-10(13-7)8(11)4-5-12-9/h2-5H,6H2,1H3. The molecule has 0 fully saturated rings. The summed E-state index contributed by atoms with van der Waals surface area (Å²) >= 11 is 5.99. The van der Waals surface area contributed by atoms with Crippen LogP contribution in [0.25, 0.3) is 11.0 Å². The average Bonchev–Trinajstić information content (AvgIpc) is 2.20. The van der Waals surface area contributed by atoms with Crippen molar-refractivity contribution in [3.63, 3.8) is 0 Å². The summed E-state index contributed by atoms with van der Waals surface area (Å²) in [6, 6.07) is 5.51. The first-order chi connectivity index (χ1) is 6.81. The minimum absolute atomic E-state index is 0.487. The third kappa shape index (κ3) is 1.69. The molecule has 4 heteroatoms. The molecule has 0 aliphatic rings. The highest BCUT2D eigenvalue weighted by atomic mass is 35.5. The quantitative estimate of drug-likeness (QED) is 0.761. The summed E-state index contributed by atoms with van der Waals surface area (Å²) in [6.07, 6.45) is 1.67. The number of nitrogens with zero attached hydrogens (tertiary/aromatic N) is 2. The maximum atomic E-state index is 5.99. The van der Waals surface area contributed by atoms with Crippen molar-refractivity contribution in [2.24, 2.45) is 0 Å². The van der Waals surface area contributed by atoms with Gasteiger partial charge in [0.1, 0.15) is 5.52 Å². The fraction of sp³-hybridized carbons (Fsp3) is 0.200. The van der Waals surface area contributed by atoms with Crippen molar-refractivity contribution in [2.45, 2.75) is 6.61 Å². The monoisotopic (exact) mass is 208 g/mol. The number of hydrogen-bond acceptors (Lipinski definition) is 3. The lowest BCUT2D eigenvalue weighted by atomic mass is 10.3. The Hall–Kier alpha value is -1.19. The number of fused-ring (bicyclic) bond motifs is 1. The number of methoxy groups -OCH3 is 1. The Labute approximate surface area is 86.7 Å². The van der Waals surface area contributed by atoms with Crippen LogP contribution in [0.15, 0.2) is 24.4 Å². The summed E-state index contributed by atoms with van der Waals surface area (Å²) in [4.78, 5) is 8.50. The van der Waals surface area contributed by atoms with Crippen LogP contribution in [0, 0.1) is 0 Å². The SMILES string of the molecule is COCc1ccc2nccc(Cl)c2n1. The molecule has 0 amide bonds. The van der Waals surface area contributed by atoms with Crippen LogP contribution in [0.3, 0.4) is 0 Å². The third-order valence-corrected chi connectivity index (χ3v) is 2.19. The van der Waals surface area contributed by atoms with Crippen LogP contribution in [0.1, 0.15) is 5.69 Å². The van der Waals surface area contributed by atoms with Crippen LogP contribution < -0.4 is 0 Å². The van der Waals surface area contributed by atoms with Gasteiger partial charge in [-0.2, -0.15) is 0 Å². The molecule has 2 rings (SSSR count). The van der Waals surface area contributed by atoms with E-state index in [-0.39, 0.29) is 0 Å². The lowest BCUT2D eigenvalue weighted by molar-refractivity contribution is 0.182. The molecule has 0 unspecified atom stereocenters. The van der Waals surface area contributed by atoms with Gasteiger partial charge in [-0.05, 0) is 18.2 Å². The molecule has 14 heavy (non-hydrogen) atoms. The van der Waals surface area contributed by atoms with Crippen molar-refractivity contribution in [3.8, 4) is 0 Å². The largest absolute Gasteiger partial charge is 0.378 e. The molecule has 72 valence electrons. The highest BCUT2D eigenvalue weighted by Gasteiger charge is 2.02. The number of ether oxygens (including phenoxy) is 1. The summed E-state index contributed by atoms with van der Waals surface area (Å²) < 4.78 is 4.99. The molecule has 0 bridgehead atoms. The summed E-state index contributed by atoms with van der Waals surface area (Å²) in [5.41, 5.74) is 2.39. The Bertz CT molecular complexity index is 459. The van der Waals surface area contributed by atoms with Crippen LogP contribution in [-0.4, -0.2) is 17.1 Å². The molecule has 2 heterocycles. The van der Waals surface area contributed by atoms with Gasteiger partial charge in [0.05, 0.1) is 22.8 Å². The second-order valence-corrected chi connectivity index (χ2v) is 3.30. The number of hydrogen-bond donors (Lipinski definition) is 0. The molecule has 0 aliphatic carbocycles. The smallest absolute Gasteiger partial charge is 0.108 e. The van der Waals surface area contributed by atoms with Gasteiger partial charge < -0.3 is 4.74 Å². The van der Waals surface area contributed by atoms with Gasteiger partial charge in [-0.1, -0.05) is 11.6 Å². The minimum Gasteiger partial charge on any atom is -0.378 e. The molecule has 2 aromatic rings. The summed E-state index contributed by atoms with van der Waals surface area (Å²) in [7, 11) is 1.64. The Balaban J connectivity index is 2.58. The number of pyridine rings is 2. The highest BCUT2D eigenvalue weighted by Crippen LogP contribution is 2.19. The zero-order chi connectivity index (χ0) is 9.97. The van der Waals surface area contributed by atoms with Gasteiger partial charge in [0, 0.05) is 13.3 Å². The van der Waals surface area contributed by atoms with Crippen LogP contribution in [0.4, 0.5) is 0 Å². The van der Waals surface area contributed by atoms with Gasteiger partial charge in [0.15, 0.2) is 0 Å². The predicted octanol–water partition coefficient (Wildman–Crippen LogP) is 2.43. The fourth-order valence-corrected chi connectivity index (χ4v) is 1.46. The van der Waals surface area contributed by atoms with Crippen LogP contribution in [0.2, 0.25) is 5.02 Å².